The van der Waals surface area contributed by atoms with Gasteiger partial charge in [0.15, 0.2) is 0 Å². The third kappa shape index (κ3) is 2.93. The maximum atomic E-state index is 14.2. The highest BCUT2D eigenvalue weighted by Crippen LogP contribution is 2.71. The molecule has 0 aromatic heterocycles. The van der Waals surface area contributed by atoms with Crippen LogP contribution in [0.4, 0.5) is 0 Å². The van der Waals surface area contributed by atoms with Gasteiger partial charge in [-0.1, -0.05) is 34.6 Å². The first-order valence-electron chi connectivity index (χ1n) is 13.0. The average Bonchev–Trinajstić information content (AvgIpc) is 3.06. The van der Waals surface area contributed by atoms with E-state index in [0.717, 1.165) is 32.1 Å². The molecule has 0 unspecified atom stereocenters. The molecule has 0 spiro atoms. The first-order valence-corrected chi connectivity index (χ1v) is 13.0. The van der Waals surface area contributed by atoms with Gasteiger partial charge in [-0.3, -0.25) is 4.79 Å². The van der Waals surface area contributed by atoms with Gasteiger partial charge in [-0.2, -0.15) is 0 Å². The molecular weight excluding hydrogens is 388 g/mol. The van der Waals surface area contributed by atoms with Crippen molar-refractivity contribution in [1.29, 1.82) is 0 Å². The molecule has 0 aromatic rings. The summed E-state index contributed by atoms with van der Waals surface area (Å²) in [5.74, 6) is 1.89. The number of aliphatic hydroxyl groups is 3. The summed E-state index contributed by atoms with van der Waals surface area (Å²) in [7, 11) is 0. The molecule has 176 valence electrons. The van der Waals surface area contributed by atoms with E-state index in [2.05, 4.69) is 34.6 Å². The fourth-order valence-electron chi connectivity index (χ4n) is 10.5. The number of hydrogen-bond donors (Lipinski definition) is 3. The molecule has 0 heterocycles. The van der Waals surface area contributed by atoms with Gasteiger partial charge < -0.3 is 15.3 Å². The summed E-state index contributed by atoms with van der Waals surface area (Å²) in [6.07, 6.45) is 6.09. The van der Waals surface area contributed by atoms with Crippen LogP contribution in [-0.4, -0.2) is 38.9 Å². The lowest BCUT2D eigenvalue weighted by Gasteiger charge is -2.61. The van der Waals surface area contributed by atoms with Crippen LogP contribution < -0.4 is 0 Å². The minimum absolute atomic E-state index is 0.0146. The number of hydrogen-bond acceptors (Lipinski definition) is 4. The van der Waals surface area contributed by atoms with Gasteiger partial charge >= 0.3 is 0 Å². The van der Waals surface area contributed by atoms with E-state index in [1.807, 2.05) is 0 Å². The van der Waals surface area contributed by atoms with Crippen molar-refractivity contribution in [3.05, 3.63) is 0 Å². The SMILES string of the molecule is CC(C)C[C@]1(O)C[C@@H](C)[C@H]2[C@@H]1C(=O)[C@@H]1[C@@H]3C[C@H](O)[C@H]4C[C@H](O)CC[C@]4(C)[C@H]3CC[C@]21C. The van der Waals surface area contributed by atoms with Crippen molar-refractivity contribution >= 4 is 5.78 Å². The van der Waals surface area contributed by atoms with Gasteiger partial charge in [-0.25, -0.2) is 0 Å². The van der Waals surface area contributed by atoms with Crippen LogP contribution >= 0.6 is 0 Å². The van der Waals surface area contributed by atoms with Gasteiger partial charge in [0.1, 0.15) is 5.78 Å². The molecular formula is C27H44O4. The Morgan fingerprint density at radius 3 is 2.35 bits per heavy atom. The largest absolute Gasteiger partial charge is 0.393 e. The van der Waals surface area contributed by atoms with Crippen LogP contribution in [0.1, 0.15) is 86.0 Å². The first kappa shape index (κ1) is 22.3. The first-order chi connectivity index (χ1) is 14.4. The summed E-state index contributed by atoms with van der Waals surface area (Å²) in [6.45, 7) is 11.2. The van der Waals surface area contributed by atoms with Crippen molar-refractivity contribution < 1.29 is 20.1 Å². The van der Waals surface area contributed by atoms with E-state index in [1.54, 1.807) is 0 Å². The average molecular weight is 433 g/mol. The second-order valence-corrected chi connectivity index (χ2v) is 13.4. The van der Waals surface area contributed by atoms with E-state index < -0.39 is 11.7 Å². The van der Waals surface area contributed by atoms with Crippen LogP contribution in [0.15, 0.2) is 0 Å². The van der Waals surface area contributed by atoms with Crippen molar-refractivity contribution in [1.82, 2.24) is 0 Å². The molecule has 0 saturated heterocycles. The number of fused-ring (bicyclic) bond motifs is 7. The highest BCUT2D eigenvalue weighted by Gasteiger charge is 2.72. The number of rotatable bonds is 2. The fraction of sp³-hybridized carbons (Fsp3) is 0.963. The molecule has 12 atom stereocenters. The van der Waals surface area contributed by atoms with Crippen LogP contribution in [0.5, 0.6) is 0 Å². The molecule has 31 heavy (non-hydrogen) atoms. The zero-order valence-electron chi connectivity index (χ0n) is 20.2. The number of carbonyl (C=O) groups excluding carboxylic acids is 1. The fourth-order valence-corrected chi connectivity index (χ4v) is 10.5. The number of carbonyl (C=O) groups is 1. The Morgan fingerprint density at radius 2 is 1.68 bits per heavy atom. The standard InChI is InChI=1S/C27H44O4/c1-14(2)12-27(31)13-15(3)21-23(27)24(30)22-17-11-20(29)19-10-16(28)6-8-25(19,4)18(17)7-9-26(21,22)5/h14-23,28-29,31H,6-13H2,1-5H3/t15-,16-,17-,18+,19-,20+,21+,22+,23-,25-,26-,27+/m1/s1. The summed E-state index contributed by atoms with van der Waals surface area (Å²) in [5, 5.41) is 33.3. The lowest BCUT2D eigenvalue weighted by atomic mass is 9.43. The number of ketones is 1. The Morgan fingerprint density at radius 1 is 1.00 bits per heavy atom. The summed E-state index contributed by atoms with van der Waals surface area (Å²) in [4.78, 5) is 14.2. The van der Waals surface area contributed by atoms with Crippen molar-refractivity contribution in [2.75, 3.05) is 0 Å². The van der Waals surface area contributed by atoms with Gasteiger partial charge in [-0.15, -0.1) is 0 Å². The Hall–Kier alpha value is -0.450. The van der Waals surface area contributed by atoms with Gasteiger partial charge in [0, 0.05) is 5.92 Å². The van der Waals surface area contributed by atoms with Crippen molar-refractivity contribution in [2.45, 2.75) is 104 Å². The molecule has 5 saturated carbocycles. The molecule has 5 aliphatic carbocycles. The highest BCUT2D eigenvalue weighted by molar-refractivity contribution is 5.89. The molecule has 5 fully saturated rings. The monoisotopic (exact) mass is 432 g/mol. The van der Waals surface area contributed by atoms with Gasteiger partial charge in [0.25, 0.3) is 0 Å². The molecule has 4 heteroatoms. The van der Waals surface area contributed by atoms with Crippen LogP contribution in [0, 0.1) is 58.2 Å². The Bertz CT molecular complexity index is 750. The summed E-state index contributed by atoms with van der Waals surface area (Å²) < 4.78 is 0. The quantitative estimate of drug-likeness (QED) is 0.611. The minimum atomic E-state index is -0.861. The van der Waals surface area contributed by atoms with E-state index in [4.69, 9.17) is 0 Å². The zero-order chi connectivity index (χ0) is 22.5. The molecule has 5 aliphatic rings. The predicted molar refractivity (Wildman–Crippen MR) is 120 cm³/mol. The number of aliphatic hydroxyl groups excluding tert-OH is 2. The van der Waals surface area contributed by atoms with Gasteiger partial charge in [0.2, 0.25) is 0 Å². The Labute approximate surface area is 188 Å². The van der Waals surface area contributed by atoms with Gasteiger partial charge in [-0.05, 0) is 97.7 Å². The van der Waals surface area contributed by atoms with Crippen LogP contribution in [0.2, 0.25) is 0 Å². The molecule has 0 aliphatic heterocycles. The normalized spacial score (nSPS) is 58.6. The third-order valence-corrected chi connectivity index (χ3v) is 11.2. The molecule has 5 rings (SSSR count). The smallest absolute Gasteiger partial charge is 0.143 e. The third-order valence-electron chi connectivity index (χ3n) is 11.2. The van der Waals surface area contributed by atoms with E-state index in [9.17, 15) is 20.1 Å². The second-order valence-electron chi connectivity index (χ2n) is 13.4. The molecule has 0 radical (unpaired) electrons. The van der Waals surface area contributed by atoms with E-state index in [0.29, 0.717) is 42.8 Å². The lowest BCUT2D eigenvalue weighted by molar-refractivity contribution is -0.175. The molecule has 4 nitrogen and oxygen atoms in total. The summed E-state index contributed by atoms with van der Waals surface area (Å²) in [6, 6.07) is 0. The van der Waals surface area contributed by atoms with E-state index >= 15 is 0 Å². The Kier molecular flexibility index (Phi) is 5.07. The van der Waals surface area contributed by atoms with Crippen molar-refractivity contribution in [2.24, 2.45) is 58.2 Å². The van der Waals surface area contributed by atoms with Crippen LogP contribution in [0.25, 0.3) is 0 Å². The maximum absolute atomic E-state index is 14.2. The van der Waals surface area contributed by atoms with Crippen molar-refractivity contribution in [3.8, 4) is 0 Å². The predicted octanol–water partition coefficient (Wildman–Crippen LogP) is 4.20. The lowest BCUT2D eigenvalue weighted by Crippen LogP contribution is -2.59. The minimum Gasteiger partial charge on any atom is -0.393 e. The topological polar surface area (TPSA) is 77.8 Å². The van der Waals surface area contributed by atoms with E-state index in [1.165, 1.54) is 0 Å². The van der Waals surface area contributed by atoms with Crippen LogP contribution in [-0.2, 0) is 4.79 Å². The maximum Gasteiger partial charge on any atom is 0.143 e. The van der Waals surface area contributed by atoms with Gasteiger partial charge in [0.05, 0.1) is 23.7 Å². The summed E-state index contributed by atoms with van der Waals surface area (Å²) in [5.41, 5.74) is -0.901. The molecule has 3 N–H and O–H groups in total. The highest BCUT2D eigenvalue weighted by atomic mass is 16.3. The number of Topliss-reactive ketones (excluding diaryl/α,β-unsaturated/α-hetero) is 1. The van der Waals surface area contributed by atoms with Crippen LogP contribution in [0.3, 0.4) is 0 Å². The molecule has 0 aromatic carbocycles. The Balaban J connectivity index is 1.52. The summed E-state index contributed by atoms with van der Waals surface area (Å²) >= 11 is 0. The zero-order valence-corrected chi connectivity index (χ0v) is 20.2. The second kappa shape index (κ2) is 7.03. The molecule has 0 bridgehead atoms. The molecule has 0 amide bonds. The van der Waals surface area contributed by atoms with Crippen molar-refractivity contribution in [3.63, 3.8) is 0 Å². The van der Waals surface area contributed by atoms with E-state index in [-0.39, 0.29) is 46.5 Å².